The van der Waals surface area contributed by atoms with Crippen LogP contribution in [0.15, 0.2) is 30.3 Å². The van der Waals surface area contributed by atoms with E-state index in [2.05, 4.69) is 5.32 Å². The van der Waals surface area contributed by atoms with Gasteiger partial charge in [-0.15, -0.1) is 0 Å². The molecule has 3 N–H and O–H groups in total. The van der Waals surface area contributed by atoms with E-state index in [1.807, 2.05) is 30.3 Å². The van der Waals surface area contributed by atoms with Crippen LogP contribution in [0.25, 0.3) is 0 Å². The minimum atomic E-state index is -3.04. The minimum absolute atomic E-state index is 0.0507. The molecule has 6 heteroatoms. The summed E-state index contributed by atoms with van der Waals surface area (Å²) in [6, 6.07) is 9.17. The Morgan fingerprint density at radius 1 is 1.37 bits per heavy atom. The van der Waals surface area contributed by atoms with Crippen LogP contribution < -0.4 is 11.1 Å². The number of sulfone groups is 1. The maximum absolute atomic E-state index is 12.0. The van der Waals surface area contributed by atoms with Crippen molar-refractivity contribution in [2.24, 2.45) is 11.7 Å². The van der Waals surface area contributed by atoms with Crippen molar-refractivity contribution in [1.82, 2.24) is 5.32 Å². The summed E-state index contributed by atoms with van der Waals surface area (Å²) >= 11 is 0. The maximum atomic E-state index is 12.0. The molecule has 1 amide bonds. The van der Waals surface area contributed by atoms with E-state index < -0.39 is 15.8 Å². The molecular weight excluding hydrogens is 264 g/mol. The molecule has 2 unspecified atom stereocenters. The van der Waals surface area contributed by atoms with Crippen molar-refractivity contribution in [2.75, 3.05) is 18.1 Å². The number of nitrogens with one attached hydrogen (secondary N) is 1. The standard InChI is InChI=1S/C13H18N2O3S/c14-8-12(10-4-2-1-3-5-10)15-13(16)11-6-7-19(17,18)9-11/h1-5,11-12H,6-9,14H2,(H,15,16). The van der Waals surface area contributed by atoms with Crippen molar-refractivity contribution < 1.29 is 13.2 Å². The lowest BCUT2D eigenvalue weighted by Gasteiger charge is -2.19. The molecule has 1 aromatic carbocycles. The Bertz CT molecular complexity index is 542. The predicted octanol–water partition coefficient (Wildman–Crippen LogP) is 0.237. The number of hydrogen-bond acceptors (Lipinski definition) is 4. The Kier molecular flexibility index (Phi) is 4.21. The molecule has 0 aliphatic carbocycles. The summed E-state index contributed by atoms with van der Waals surface area (Å²) < 4.78 is 22.7. The smallest absolute Gasteiger partial charge is 0.224 e. The predicted molar refractivity (Wildman–Crippen MR) is 73.1 cm³/mol. The molecule has 1 aliphatic rings. The first-order valence-corrected chi connectivity index (χ1v) is 8.10. The third kappa shape index (κ3) is 3.54. The lowest BCUT2D eigenvalue weighted by Crippen LogP contribution is -2.37. The van der Waals surface area contributed by atoms with Crippen molar-refractivity contribution in [3.05, 3.63) is 35.9 Å². The van der Waals surface area contributed by atoms with Gasteiger partial charge in [0, 0.05) is 6.54 Å². The highest BCUT2D eigenvalue weighted by atomic mass is 32.2. The SMILES string of the molecule is NCC(NC(=O)C1CCS(=O)(=O)C1)c1ccccc1. The van der Waals surface area contributed by atoms with E-state index in [0.29, 0.717) is 6.42 Å². The minimum Gasteiger partial charge on any atom is -0.348 e. The van der Waals surface area contributed by atoms with Crippen LogP contribution in [-0.2, 0) is 14.6 Å². The van der Waals surface area contributed by atoms with E-state index in [-0.39, 0.29) is 30.0 Å². The molecule has 2 rings (SSSR count). The summed E-state index contributed by atoms with van der Waals surface area (Å²) in [5.74, 6) is -0.614. The number of carbonyl (C=O) groups excluding carboxylic acids is 1. The van der Waals surface area contributed by atoms with Gasteiger partial charge in [-0.2, -0.15) is 0 Å². The first kappa shape index (κ1) is 14.0. The zero-order chi connectivity index (χ0) is 13.9. The molecule has 0 radical (unpaired) electrons. The Morgan fingerprint density at radius 2 is 2.05 bits per heavy atom. The Hall–Kier alpha value is -1.40. The summed E-state index contributed by atoms with van der Waals surface area (Å²) in [6.45, 7) is 0.287. The average Bonchev–Trinajstić information content (AvgIpc) is 2.77. The summed E-state index contributed by atoms with van der Waals surface area (Å²) in [7, 11) is -3.04. The van der Waals surface area contributed by atoms with Gasteiger partial charge >= 0.3 is 0 Å². The molecule has 1 aliphatic heterocycles. The number of amides is 1. The van der Waals surface area contributed by atoms with Gasteiger partial charge < -0.3 is 11.1 Å². The number of carbonyl (C=O) groups is 1. The van der Waals surface area contributed by atoms with E-state index in [9.17, 15) is 13.2 Å². The van der Waals surface area contributed by atoms with Crippen molar-refractivity contribution in [1.29, 1.82) is 0 Å². The van der Waals surface area contributed by atoms with Crippen LogP contribution in [0.3, 0.4) is 0 Å². The van der Waals surface area contributed by atoms with Crippen LogP contribution in [0.5, 0.6) is 0 Å². The zero-order valence-corrected chi connectivity index (χ0v) is 11.4. The fraction of sp³-hybridized carbons (Fsp3) is 0.462. The van der Waals surface area contributed by atoms with Gasteiger partial charge in [0.15, 0.2) is 9.84 Å². The molecular formula is C13H18N2O3S. The third-order valence-electron chi connectivity index (χ3n) is 3.36. The van der Waals surface area contributed by atoms with E-state index in [1.54, 1.807) is 0 Å². The van der Waals surface area contributed by atoms with Gasteiger partial charge in [-0.3, -0.25) is 4.79 Å². The average molecular weight is 282 g/mol. The molecule has 0 bridgehead atoms. The second kappa shape index (κ2) is 5.71. The quantitative estimate of drug-likeness (QED) is 0.827. The third-order valence-corrected chi connectivity index (χ3v) is 5.13. The van der Waals surface area contributed by atoms with Crippen molar-refractivity contribution in [2.45, 2.75) is 12.5 Å². The number of hydrogen-bond donors (Lipinski definition) is 2. The first-order valence-electron chi connectivity index (χ1n) is 6.27. The van der Waals surface area contributed by atoms with Gasteiger partial charge in [0.25, 0.3) is 0 Å². The summed E-state index contributed by atoms with van der Waals surface area (Å²) in [6.07, 6.45) is 0.403. The van der Waals surface area contributed by atoms with Crippen LogP contribution in [0, 0.1) is 5.92 Å². The molecule has 2 atom stereocenters. The molecule has 0 saturated carbocycles. The second-order valence-corrected chi connectivity index (χ2v) is 7.04. The summed E-state index contributed by atoms with van der Waals surface area (Å²) in [4.78, 5) is 12.0. The Morgan fingerprint density at radius 3 is 2.58 bits per heavy atom. The van der Waals surface area contributed by atoms with Crippen LogP contribution in [0.1, 0.15) is 18.0 Å². The van der Waals surface area contributed by atoms with Crippen LogP contribution in [0.2, 0.25) is 0 Å². The van der Waals surface area contributed by atoms with Gasteiger partial charge in [-0.1, -0.05) is 30.3 Å². The van der Waals surface area contributed by atoms with E-state index >= 15 is 0 Å². The van der Waals surface area contributed by atoms with Crippen LogP contribution in [-0.4, -0.2) is 32.4 Å². The summed E-state index contributed by atoms with van der Waals surface area (Å²) in [5.41, 5.74) is 6.60. The lowest BCUT2D eigenvalue weighted by atomic mass is 10.0. The van der Waals surface area contributed by atoms with E-state index in [0.717, 1.165) is 5.56 Å². The van der Waals surface area contributed by atoms with Gasteiger partial charge in [-0.25, -0.2) is 8.42 Å². The normalized spacial score (nSPS) is 22.9. The molecule has 0 spiro atoms. The number of nitrogens with two attached hydrogens (primary N) is 1. The number of benzene rings is 1. The van der Waals surface area contributed by atoms with Gasteiger partial charge in [-0.05, 0) is 12.0 Å². The first-order chi connectivity index (χ1) is 9.02. The van der Waals surface area contributed by atoms with Crippen molar-refractivity contribution in [3.63, 3.8) is 0 Å². The Labute approximate surface area is 113 Å². The fourth-order valence-corrected chi connectivity index (χ4v) is 4.00. The van der Waals surface area contributed by atoms with Crippen LogP contribution >= 0.6 is 0 Å². The maximum Gasteiger partial charge on any atom is 0.224 e. The molecule has 19 heavy (non-hydrogen) atoms. The van der Waals surface area contributed by atoms with Crippen molar-refractivity contribution >= 4 is 15.7 Å². The molecule has 1 fully saturated rings. The highest BCUT2D eigenvalue weighted by molar-refractivity contribution is 7.91. The Balaban J connectivity index is 2.02. The van der Waals surface area contributed by atoms with Crippen molar-refractivity contribution in [3.8, 4) is 0 Å². The molecule has 5 nitrogen and oxygen atoms in total. The van der Waals surface area contributed by atoms with Gasteiger partial charge in [0.2, 0.25) is 5.91 Å². The second-order valence-electron chi connectivity index (χ2n) is 4.81. The van der Waals surface area contributed by atoms with E-state index in [4.69, 9.17) is 5.73 Å². The molecule has 104 valence electrons. The zero-order valence-electron chi connectivity index (χ0n) is 10.6. The fourth-order valence-electron chi connectivity index (χ4n) is 2.26. The largest absolute Gasteiger partial charge is 0.348 e. The lowest BCUT2D eigenvalue weighted by molar-refractivity contribution is -0.125. The van der Waals surface area contributed by atoms with Gasteiger partial charge in [0.1, 0.15) is 0 Å². The van der Waals surface area contributed by atoms with E-state index in [1.165, 1.54) is 0 Å². The van der Waals surface area contributed by atoms with Gasteiger partial charge in [0.05, 0.1) is 23.5 Å². The molecule has 0 aromatic heterocycles. The molecule has 1 aromatic rings. The molecule has 1 heterocycles. The topological polar surface area (TPSA) is 89.3 Å². The monoisotopic (exact) mass is 282 g/mol. The summed E-state index contributed by atoms with van der Waals surface area (Å²) in [5, 5.41) is 2.83. The van der Waals surface area contributed by atoms with Crippen LogP contribution in [0.4, 0.5) is 0 Å². The molecule has 1 saturated heterocycles. The number of rotatable bonds is 4. The highest BCUT2D eigenvalue weighted by Crippen LogP contribution is 2.20. The highest BCUT2D eigenvalue weighted by Gasteiger charge is 2.33.